The molecule has 0 saturated heterocycles. The van der Waals surface area contributed by atoms with Crippen LogP contribution in [-0.4, -0.2) is 33.1 Å². The van der Waals surface area contributed by atoms with Crippen molar-refractivity contribution >= 4 is 30.4 Å². The number of allylic oxidation sites excluding steroid dienone is 1. The summed E-state index contributed by atoms with van der Waals surface area (Å²) in [6, 6.07) is 11.3. The molecule has 4 rings (SSSR count). The van der Waals surface area contributed by atoms with E-state index in [2.05, 4.69) is 33.6 Å². The number of hydrogen-bond donors (Lipinski definition) is 2. The molecule has 4 aromatic rings. The lowest BCUT2D eigenvalue weighted by molar-refractivity contribution is -0.385. The Morgan fingerprint density at radius 1 is 0.727 bits per heavy atom. The fraction of sp³-hybridized carbons (Fsp3) is 0.129. The Morgan fingerprint density at radius 3 is 1.55 bits per heavy atom. The lowest BCUT2D eigenvalue weighted by Gasteiger charge is -2.08. The number of carbonyl (C=O) groups is 1. The summed E-state index contributed by atoms with van der Waals surface area (Å²) >= 11 is 0. The van der Waals surface area contributed by atoms with Gasteiger partial charge in [0.15, 0.2) is 0 Å². The van der Waals surface area contributed by atoms with E-state index in [9.17, 15) is 33.7 Å². The minimum Gasteiger partial charge on any atom is -0.503 e. The third-order valence-electron chi connectivity index (χ3n) is 6.92. The number of benzene rings is 2. The molecule has 10 nitrogen and oxygen atoms in total. The number of non-ortho nitro benzene ring substituents is 2. The summed E-state index contributed by atoms with van der Waals surface area (Å²) in [4.78, 5) is 39.9. The van der Waals surface area contributed by atoms with Crippen molar-refractivity contribution in [1.29, 1.82) is 0 Å². The molecule has 2 aromatic heterocycles. The standard InChI is InChI=1S/C31H23BF2N4O6/c1-18-20(3)30(35-26(18)15-9-22-5-11-24(12-6-22)37(40)41)28(39)17-29(44-32(33)34)31-21(4)19(2)27(36-31)16-10-23-7-13-25(14-8-23)38(42)43/h5-8,11-14,17,35-36H,1-4H3/b29-17-. The smallest absolute Gasteiger partial charge is 0.503 e. The van der Waals surface area contributed by atoms with Crippen LogP contribution in [-0.2, 0) is 4.65 Å². The van der Waals surface area contributed by atoms with Crippen molar-refractivity contribution in [3.63, 3.8) is 0 Å². The average molecular weight is 596 g/mol. The molecule has 0 amide bonds. The number of halogens is 2. The highest BCUT2D eigenvalue weighted by Gasteiger charge is 2.25. The van der Waals surface area contributed by atoms with Crippen molar-refractivity contribution in [3.05, 3.63) is 131 Å². The number of aromatic nitrogens is 2. The number of ketones is 1. The van der Waals surface area contributed by atoms with Gasteiger partial charge in [0.25, 0.3) is 11.4 Å². The van der Waals surface area contributed by atoms with E-state index in [-0.39, 0.29) is 28.5 Å². The Kier molecular flexibility index (Phi) is 9.10. The largest absolute Gasteiger partial charge is 0.796 e. The number of carbonyl (C=O) groups excluding carboxylic acids is 1. The number of nitro groups is 2. The normalized spacial score (nSPS) is 10.7. The van der Waals surface area contributed by atoms with Gasteiger partial charge in [-0.15, -0.1) is 0 Å². The zero-order chi connectivity index (χ0) is 32.1. The lowest BCUT2D eigenvalue weighted by Crippen LogP contribution is -2.08. The molecule has 13 heteroatoms. The molecule has 44 heavy (non-hydrogen) atoms. The van der Waals surface area contributed by atoms with Gasteiger partial charge in [0, 0.05) is 41.5 Å². The second-order valence-corrected chi connectivity index (χ2v) is 9.61. The summed E-state index contributed by atoms with van der Waals surface area (Å²) in [5.41, 5.74) is 4.36. The molecule has 0 bridgehead atoms. The third kappa shape index (κ3) is 6.91. The van der Waals surface area contributed by atoms with Gasteiger partial charge < -0.3 is 14.6 Å². The van der Waals surface area contributed by atoms with Gasteiger partial charge in [-0.3, -0.25) is 25.0 Å². The predicted molar refractivity (Wildman–Crippen MR) is 160 cm³/mol. The van der Waals surface area contributed by atoms with Gasteiger partial charge in [0.2, 0.25) is 5.78 Å². The molecule has 2 aromatic carbocycles. The summed E-state index contributed by atoms with van der Waals surface area (Å²) in [5, 5.41) is 21.7. The predicted octanol–water partition coefficient (Wildman–Crippen LogP) is 6.36. The molecule has 0 unspecified atom stereocenters. The van der Waals surface area contributed by atoms with Crippen LogP contribution in [0.2, 0.25) is 0 Å². The maximum atomic E-state index is 13.5. The highest BCUT2D eigenvalue weighted by Crippen LogP contribution is 2.27. The van der Waals surface area contributed by atoms with Gasteiger partial charge in [-0.25, -0.2) is 8.63 Å². The lowest BCUT2D eigenvalue weighted by atomic mass is 10.1. The van der Waals surface area contributed by atoms with Gasteiger partial charge in [-0.05, 0) is 86.1 Å². The summed E-state index contributed by atoms with van der Waals surface area (Å²) in [6.07, 6.45) is 0.962. The number of aromatic amines is 2. The molecule has 220 valence electrons. The summed E-state index contributed by atoms with van der Waals surface area (Å²) in [6.45, 7) is 6.83. The maximum absolute atomic E-state index is 13.5. The fourth-order valence-corrected chi connectivity index (χ4v) is 4.17. The van der Waals surface area contributed by atoms with E-state index in [1.807, 2.05) is 0 Å². The van der Waals surface area contributed by atoms with Crippen molar-refractivity contribution < 1.29 is 27.9 Å². The van der Waals surface area contributed by atoms with Crippen LogP contribution in [0.15, 0.2) is 54.6 Å². The van der Waals surface area contributed by atoms with Crippen LogP contribution >= 0.6 is 0 Å². The number of nitro benzene ring substituents is 2. The Bertz CT molecular complexity index is 1940. The van der Waals surface area contributed by atoms with Crippen molar-refractivity contribution in [2.75, 3.05) is 0 Å². The minimum absolute atomic E-state index is 0.0694. The second-order valence-electron chi connectivity index (χ2n) is 9.61. The first-order chi connectivity index (χ1) is 20.8. The van der Waals surface area contributed by atoms with Gasteiger partial charge in [-0.1, -0.05) is 11.8 Å². The number of nitrogens with one attached hydrogen (secondary N) is 2. The number of H-pyrrole nitrogens is 2. The molecule has 0 atom stereocenters. The SMILES string of the molecule is Cc1c(C#Cc2ccc([N+](=O)[O-])cc2)[nH]c(C(=O)/C=C(\OB(F)F)c2[nH]c(C#Cc3ccc([N+](=O)[O-])cc3)c(C)c2C)c1C. The van der Waals surface area contributed by atoms with Crippen molar-refractivity contribution in [1.82, 2.24) is 9.97 Å². The van der Waals surface area contributed by atoms with E-state index in [0.717, 1.165) is 6.08 Å². The minimum atomic E-state index is -3.22. The highest BCUT2D eigenvalue weighted by atomic mass is 19.2. The molecule has 0 aliphatic carbocycles. The number of nitrogens with zero attached hydrogens (tertiary/aromatic N) is 2. The molecule has 0 aliphatic rings. The Morgan fingerprint density at radius 2 is 1.14 bits per heavy atom. The van der Waals surface area contributed by atoms with Crippen LogP contribution in [0.25, 0.3) is 5.76 Å². The Labute approximate surface area is 250 Å². The van der Waals surface area contributed by atoms with Crippen LogP contribution in [0.4, 0.5) is 20.0 Å². The van der Waals surface area contributed by atoms with E-state index < -0.39 is 23.1 Å². The molecule has 0 aliphatic heterocycles. The summed E-state index contributed by atoms with van der Waals surface area (Å²) < 4.78 is 31.7. The highest BCUT2D eigenvalue weighted by molar-refractivity contribution is 6.36. The number of rotatable bonds is 7. The molecule has 0 saturated carbocycles. The van der Waals surface area contributed by atoms with E-state index in [1.165, 1.54) is 48.5 Å². The molecular formula is C31H23BF2N4O6. The number of hydrogen-bond acceptors (Lipinski definition) is 6. The third-order valence-corrected chi connectivity index (χ3v) is 6.92. The summed E-state index contributed by atoms with van der Waals surface area (Å²) in [5.74, 6) is 10.6. The molecule has 0 radical (unpaired) electrons. The van der Waals surface area contributed by atoms with Gasteiger partial charge in [-0.2, -0.15) is 0 Å². The first-order valence-corrected chi connectivity index (χ1v) is 13.0. The first-order valence-electron chi connectivity index (χ1n) is 13.0. The zero-order valence-corrected chi connectivity index (χ0v) is 23.9. The molecular weight excluding hydrogens is 573 g/mol. The molecule has 0 fully saturated rings. The van der Waals surface area contributed by atoms with Gasteiger partial charge in [0.1, 0.15) is 5.76 Å². The topological polar surface area (TPSA) is 144 Å². The quantitative estimate of drug-likeness (QED) is 0.0484. The first kappa shape index (κ1) is 31.0. The maximum Gasteiger partial charge on any atom is 0.796 e. The second kappa shape index (κ2) is 12.9. The van der Waals surface area contributed by atoms with Crippen molar-refractivity contribution in [2.24, 2.45) is 0 Å². The van der Waals surface area contributed by atoms with Gasteiger partial charge >= 0.3 is 7.47 Å². The average Bonchev–Trinajstić information content (AvgIpc) is 3.44. The van der Waals surface area contributed by atoms with E-state index >= 15 is 0 Å². The van der Waals surface area contributed by atoms with Crippen molar-refractivity contribution in [2.45, 2.75) is 27.7 Å². The molecule has 2 N–H and O–H groups in total. The molecule has 2 heterocycles. The van der Waals surface area contributed by atoms with E-state index in [0.29, 0.717) is 44.8 Å². The van der Waals surface area contributed by atoms with Crippen LogP contribution in [0.1, 0.15) is 61.0 Å². The fourth-order valence-electron chi connectivity index (χ4n) is 4.17. The van der Waals surface area contributed by atoms with E-state index in [1.54, 1.807) is 27.7 Å². The van der Waals surface area contributed by atoms with Gasteiger partial charge in [0.05, 0.1) is 32.6 Å². The van der Waals surface area contributed by atoms with Crippen LogP contribution < -0.4 is 0 Å². The Hall–Kier alpha value is -5.95. The zero-order valence-electron chi connectivity index (χ0n) is 23.9. The van der Waals surface area contributed by atoms with Crippen LogP contribution in [0, 0.1) is 71.6 Å². The monoisotopic (exact) mass is 596 g/mol. The summed E-state index contributed by atoms with van der Waals surface area (Å²) in [7, 11) is -3.22. The molecule has 0 spiro atoms. The van der Waals surface area contributed by atoms with Crippen LogP contribution in [0.3, 0.4) is 0 Å². The Balaban J connectivity index is 1.65. The van der Waals surface area contributed by atoms with E-state index in [4.69, 9.17) is 4.65 Å². The van der Waals surface area contributed by atoms with Crippen molar-refractivity contribution in [3.8, 4) is 23.7 Å². The van der Waals surface area contributed by atoms with Crippen LogP contribution in [0.5, 0.6) is 0 Å².